The number of carbonyl (C=O) groups excluding carboxylic acids is 1. The fraction of sp³-hybridized carbons (Fsp3) is 0.562. The van der Waals surface area contributed by atoms with Gasteiger partial charge in [0.2, 0.25) is 0 Å². The number of anilines is 1. The highest BCUT2D eigenvalue weighted by atomic mass is 79.9. The van der Waals surface area contributed by atoms with E-state index >= 15 is 0 Å². The van der Waals surface area contributed by atoms with Crippen molar-refractivity contribution in [3.8, 4) is 5.75 Å². The minimum atomic E-state index is -0.525. The van der Waals surface area contributed by atoms with Crippen molar-refractivity contribution in [2.24, 2.45) is 5.92 Å². The monoisotopic (exact) mass is 355 g/mol. The zero-order chi connectivity index (χ0) is 15.4. The van der Waals surface area contributed by atoms with Gasteiger partial charge in [0.25, 0.3) is 5.91 Å². The van der Waals surface area contributed by atoms with Crippen molar-refractivity contribution >= 4 is 27.5 Å². The molecule has 1 amide bonds. The fourth-order valence-corrected chi connectivity index (χ4v) is 3.05. The van der Waals surface area contributed by atoms with Gasteiger partial charge < -0.3 is 15.2 Å². The lowest BCUT2D eigenvalue weighted by atomic mass is 9.88. The van der Waals surface area contributed by atoms with Gasteiger partial charge in [-0.2, -0.15) is 0 Å². The summed E-state index contributed by atoms with van der Waals surface area (Å²) in [6, 6.07) is 4.97. The molecule has 0 heterocycles. The average molecular weight is 356 g/mol. The molecule has 0 spiro atoms. The lowest BCUT2D eigenvalue weighted by Gasteiger charge is -2.29. The predicted octanol–water partition coefficient (Wildman–Crippen LogP) is 4.08. The maximum absolute atomic E-state index is 12.1. The topological polar surface area (TPSA) is 58.6 Å². The van der Waals surface area contributed by atoms with Crippen LogP contribution in [0.2, 0.25) is 0 Å². The normalized spacial score (nSPS) is 23.6. The quantitative estimate of drug-likeness (QED) is 0.800. The summed E-state index contributed by atoms with van der Waals surface area (Å²) in [7, 11) is 0. The van der Waals surface area contributed by atoms with Crippen molar-refractivity contribution in [1.82, 2.24) is 0 Å². The van der Waals surface area contributed by atoms with Crippen LogP contribution in [0.1, 0.15) is 39.5 Å². The van der Waals surface area contributed by atoms with Crippen molar-refractivity contribution in [2.45, 2.75) is 51.7 Å². The molecule has 3 unspecified atom stereocenters. The van der Waals surface area contributed by atoms with E-state index in [1.165, 1.54) is 6.42 Å². The predicted molar refractivity (Wildman–Crippen MR) is 86.4 cm³/mol. The van der Waals surface area contributed by atoms with Gasteiger partial charge in [0.15, 0.2) is 0 Å². The van der Waals surface area contributed by atoms with Gasteiger partial charge in [-0.3, -0.25) is 4.79 Å². The minimum Gasteiger partial charge on any atom is -0.506 e. The molecule has 1 aromatic rings. The summed E-state index contributed by atoms with van der Waals surface area (Å²) >= 11 is 3.27. The zero-order valence-corrected chi connectivity index (χ0v) is 14.0. The molecule has 116 valence electrons. The number of carbonyl (C=O) groups is 1. The zero-order valence-electron chi connectivity index (χ0n) is 12.4. The van der Waals surface area contributed by atoms with E-state index in [2.05, 4.69) is 28.2 Å². The number of amides is 1. The first-order valence-corrected chi connectivity index (χ1v) is 8.20. The third-order valence-electron chi connectivity index (χ3n) is 3.87. The molecule has 1 fully saturated rings. The molecule has 3 atom stereocenters. The molecule has 1 aromatic carbocycles. The molecule has 0 bridgehead atoms. The number of nitrogens with one attached hydrogen (secondary N) is 1. The van der Waals surface area contributed by atoms with Gasteiger partial charge >= 0.3 is 0 Å². The Morgan fingerprint density at radius 1 is 1.48 bits per heavy atom. The second kappa shape index (κ2) is 7.27. The molecule has 2 N–H and O–H groups in total. The third kappa shape index (κ3) is 4.71. The van der Waals surface area contributed by atoms with Crippen LogP contribution < -0.4 is 5.32 Å². The molecule has 1 aliphatic rings. The summed E-state index contributed by atoms with van der Waals surface area (Å²) in [5.41, 5.74) is 0.399. The number of benzene rings is 1. The van der Waals surface area contributed by atoms with Crippen LogP contribution in [-0.2, 0) is 9.53 Å². The van der Waals surface area contributed by atoms with E-state index in [9.17, 15) is 9.90 Å². The van der Waals surface area contributed by atoms with E-state index in [-0.39, 0.29) is 17.8 Å². The first-order valence-electron chi connectivity index (χ1n) is 7.40. The number of halogens is 1. The van der Waals surface area contributed by atoms with E-state index in [0.717, 1.165) is 23.7 Å². The molecular weight excluding hydrogens is 334 g/mol. The maximum atomic E-state index is 12.1. The largest absolute Gasteiger partial charge is 0.506 e. The number of aromatic hydroxyl groups is 1. The molecule has 0 radical (unpaired) electrons. The molecule has 1 aliphatic carbocycles. The Bertz CT molecular complexity index is 506. The highest BCUT2D eigenvalue weighted by Gasteiger charge is 2.24. The molecule has 21 heavy (non-hydrogen) atoms. The van der Waals surface area contributed by atoms with Crippen molar-refractivity contribution in [1.29, 1.82) is 0 Å². The van der Waals surface area contributed by atoms with E-state index in [4.69, 9.17) is 4.74 Å². The Morgan fingerprint density at radius 2 is 2.24 bits per heavy atom. The van der Waals surface area contributed by atoms with Gasteiger partial charge in [0.1, 0.15) is 11.9 Å². The molecular formula is C16H22BrNO3. The van der Waals surface area contributed by atoms with Crippen molar-refractivity contribution in [3.05, 3.63) is 22.7 Å². The second-order valence-corrected chi connectivity index (χ2v) is 6.74. The lowest BCUT2D eigenvalue weighted by molar-refractivity contribution is -0.131. The van der Waals surface area contributed by atoms with Crippen molar-refractivity contribution in [3.63, 3.8) is 0 Å². The highest BCUT2D eigenvalue weighted by molar-refractivity contribution is 9.10. The van der Waals surface area contributed by atoms with Crippen molar-refractivity contribution in [2.75, 3.05) is 5.32 Å². The van der Waals surface area contributed by atoms with Crippen LogP contribution in [0.5, 0.6) is 5.75 Å². The molecule has 0 aliphatic heterocycles. The number of phenols is 1. The van der Waals surface area contributed by atoms with Gasteiger partial charge in [-0.25, -0.2) is 0 Å². The van der Waals surface area contributed by atoms with E-state index in [1.807, 2.05) is 0 Å². The average Bonchev–Trinajstić information content (AvgIpc) is 2.41. The SMILES string of the molecule is CC1CCCC(OC(C)C(=O)Nc2ccc(Br)cc2O)C1. The fourth-order valence-electron chi connectivity index (χ4n) is 2.70. The molecule has 0 saturated heterocycles. The van der Waals surface area contributed by atoms with Crippen LogP contribution in [0.25, 0.3) is 0 Å². The Hall–Kier alpha value is -1.07. The Labute approximate surface area is 134 Å². The van der Waals surface area contributed by atoms with Gasteiger partial charge in [-0.05, 0) is 43.9 Å². The van der Waals surface area contributed by atoms with Crippen LogP contribution in [0.4, 0.5) is 5.69 Å². The van der Waals surface area contributed by atoms with Crippen LogP contribution in [-0.4, -0.2) is 23.2 Å². The first-order chi connectivity index (χ1) is 9.95. The highest BCUT2D eigenvalue weighted by Crippen LogP contribution is 2.28. The second-order valence-electron chi connectivity index (χ2n) is 5.82. The summed E-state index contributed by atoms with van der Waals surface area (Å²) in [5.74, 6) is 0.469. The molecule has 0 aromatic heterocycles. The number of hydrogen-bond acceptors (Lipinski definition) is 3. The summed E-state index contributed by atoms with van der Waals surface area (Å²) in [5, 5.41) is 12.5. The first kappa shape index (κ1) is 16.3. The molecule has 1 saturated carbocycles. The van der Waals surface area contributed by atoms with Crippen LogP contribution in [0, 0.1) is 5.92 Å². The van der Waals surface area contributed by atoms with Crippen LogP contribution in [0.3, 0.4) is 0 Å². The maximum Gasteiger partial charge on any atom is 0.253 e. The minimum absolute atomic E-state index is 0.0382. The number of phenolic OH excluding ortho intramolecular Hbond substituents is 1. The van der Waals surface area contributed by atoms with Crippen LogP contribution in [0.15, 0.2) is 22.7 Å². The Balaban J connectivity index is 1.90. The number of rotatable bonds is 4. The molecule has 4 nitrogen and oxygen atoms in total. The molecule has 5 heteroatoms. The van der Waals surface area contributed by atoms with Crippen LogP contribution >= 0.6 is 15.9 Å². The van der Waals surface area contributed by atoms with Gasteiger partial charge in [-0.15, -0.1) is 0 Å². The third-order valence-corrected chi connectivity index (χ3v) is 4.36. The summed E-state index contributed by atoms with van der Waals surface area (Å²) in [4.78, 5) is 12.1. The lowest BCUT2D eigenvalue weighted by Crippen LogP contribution is -2.33. The number of ether oxygens (including phenoxy) is 1. The van der Waals surface area contributed by atoms with Crippen molar-refractivity contribution < 1.29 is 14.6 Å². The standard InChI is InChI=1S/C16H22BrNO3/c1-10-4-3-5-13(8-10)21-11(2)16(20)18-14-7-6-12(17)9-15(14)19/h6-7,9-11,13,19H,3-5,8H2,1-2H3,(H,18,20). The van der Waals surface area contributed by atoms with Gasteiger partial charge in [0.05, 0.1) is 11.8 Å². The Kier molecular flexibility index (Phi) is 5.65. The van der Waals surface area contributed by atoms with Gasteiger partial charge in [-0.1, -0.05) is 35.7 Å². The number of hydrogen-bond donors (Lipinski definition) is 2. The molecule has 2 rings (SSSR count). The summed E-state index contributed by atoms with van der Waals surface area (Å²) in [6.07, 6.45) is 4.07. The van der Waals surface area contributed by atoms with E-state index in [0.29, 0.717) is 11.6 Å². The summed E-state index contributed by atoms with van der Waals surface area (Å²) < 4.78 is 6.62. The smallest absolute Gasteiger partial charge is 0.253 e. The Morgan fingerprint density at radius 3 is 2.90 bits per heavy atom. The van der Waals surface area contributed by atoms with E-state index < -0.39 is 6.10 Å². The summed E-state index contributed by atoms with van der Waals surface area (Å²) in [6.45, 7) is 3.98. The van der Waals surface area contributed by atoms with E-state index in [1.54, 1.807) is 25.1 Å². The van der Waals surface area contributed by atoms with Gasteiger partial charge in [0, 0.05) is 4.47 Å².